The molecule has 2 aromatic rings. The van der Waals surface area contributed by atoms with Crippen molar-refractivity contribution in [1.82, 2.24) is 20.9 Å². The quantitative estimate of drug-likeness (QED) is 0.387. The van der Waals surface area contributed by atoms with Gasteiger partial charge in [0, 0.05) is 29.4 Å². The van der Waals surface area contributed by atoms with E-state index >= 15 is 0 Å². The van der Waals surface area contributed by atoms with Crippen LogP contribution < -0.4 is 20.7 Å². The zero-order valence-electron chi connectivity index (χ0n) is 18.9. The number of carbonyl (C=O) groups excluding carboxylic acids is 3. The molecule has 2 heterocycles. The Labute approximate surface area is 192 Å². The molecular formula is C24H31N5O4. The van der Waals surface area contributed by atoms with Gasteiger partial charge >= 0.3 is 0 Å². The van der Waals surface area contributed by atoms with Gasteiger partial charge in [-0.3, -0.25) is 19.4 Å². The number of nitrogens with one attached hydrogen (secondary N) is 4. The molecule has 1 aromatic heterocycles. The first-order chi connectivity index (χ1) is 16.0. The summed E-state index contributed by atoms with van der Waals surface area (Å²) < 4.78 is 5.37. The van der Waals surface area contributed by atoms with Gasteiger partial charge in [0.1, 0.15) is 17.5 Å². The summed E-state index contributed by atoms with van der Waals surface area (Å²) in [5.41, 5.74) is 1.16. The van der Waals surface area contributed by atoms with Gasteiger partial charge < -0.3 is 25.7 Å². The Bertz CT molecular complexity index is 1040. The van der Waals surface area contributed by atoms with Crippen LogP contribution in [-0.2, 0) is 9.59 Å². The summed E-state index contributed by atoms with van der Waals surface area (Å²) in [6.45, 7) is 4.52. The molecule has 1 aliphatic heterocycles. The summed E-state index contributed by atoms with van der Waals surface area (Å²) in [5.74, 6) is 0.370. The fourth-order valence-corrected chi connectivity index (χ4v) is 4.43. The lowest BCUT2D eigenvalue weighted by Gasteiger charge is -2.24. The number of rotatable bonds is 11. The Kier molecular flexibility index (Phi) is 6.96. The van der Waals surface area contributed by atoms with Gasteiger partial charge in [0.05, 0.1) is 13.7 Å². The molecule has 4 N–H and O–H groups in total. The molecule has 9 heteroatoms. The van der Waals surface area contributed by atoms with Gasteiger partial charge in [-0.2, -0.15) is 0 Å². The van der Waals surface area contributed by atoms with Crippen molar-refractivity contribution in [2.24, 2.45) is 16.8 Å². The zero-order chi connectivity index (χ0) is 23.4. The minimum atomic E-state index is -0.664. The van der Waals surface area contributed by atoms with Crippen molar-refractivity contribution in [3.63, 3.8) is 0 Å². The molecule has 4 rings (SSSR count). The van der Waals surface area contributed by atoms with Crippen LogP contribution in [0.5, 0.6) is 5.75 Å². The molecule has 2 aliphatic rings. The number of aromatic amines is 1. The van der Waals surface area contributed by atoms with Gasteiger partial charge in [-0.05, 0) is 50.1 Å². The van der Waals surface area contributed by atoms with Crippen molar-refractivity contribution in [1.29, 1.82) is 0 Å². The molecule has 0 radical (unpaired) electrons. The Morgan fingerprint density at radius 3 is 2.73 bits per heavy atom. The third-order valence-electron chi connectivity index (χ3n) is 6.40. The van der Waals surface area contributed by atoms with Crippen LogP contribution >= 0.6 is 0 Å². The van der Waals surface area contributed by atoms with E-state index in [9.17, 15) is 14.4 Å². The Morgan fingerprint density at radius 1 is 1.24 bits per heavy atom. The third-order valence-corrected chi connectivity index (χ3v) is 6.40. The highest BCUT2D eigenvalue weighted by atomic mass is 16.5. The molecule has 0 spiro atoms. The molecule has 176 valence electrons. The van der Waals surface area contributed by atoms with Crippen molar-refractivity contribution in [2.45, 2.75) is 44.2 Å². The molecule has 1 saturated carbocycles. The summed E-state index contributed by atoms with van der Waals surface area (Å²) in [6.07, 6.45) is 3.95. The number of methoxy groups -OCH3 is 1. The van der Waals surface area contributed by atoms with E-state index < -0.39 is 6.04 Å². The number of H-pyrrole nitrogens is 1. The minimum absolute atomic E-state index is 0.00961. The monoisotopic (exact) mass is 453 g/mol. The maximum Gasteiger partial charge on any atom is 0.268 e. The highest BCUT2D eigenvalue weighted by molar-refractivity contribution is 6.01. The molecule has 3 atom stereocenters. The van der Waals surface area contributed by atoms with Gasteiger partial charge in [-0.15, -0.1) is 0 Å². The minimum Gasteiger partial charge on any atom is -0.496 e. The first-order valence-electron chi connectivity index (χ1n) is 11.5. The molecule has 1 saturated heterocycles. The summed E-state index contributed by atoms with van der Waals surface area (Å²) in [4.78, 5) is 45.2. The van der Waals surface area contributed by atoms with Crippen molar-refractivity contribution in [3.8, 4) is 5.75 Å². The third kappa shape index (κ3) is 5.53. The average molecular weight is 454 g/mol. The summed E-state index contributed by atoms with van der Waals surface area (Å²) in [5, 5.41) is 9.54. The molecule has 1 aromatic carbocycles. The number of aliphatic imine (C=N–C) groups is 1. The summed E-state index contributed by atoms with van der Waals surface area (Å²) >= 11 is 0. The predicted octanol–water partition coefficient (Wildman–Crippen LogP) is 1.79. The Balaban J connectivity index is 1.45. The van der Waals surface area contributed by atoms with E-state index in [1.54, 1.807) is 13.2 Å². The maximum absolute atomic E-state index is 13.2. The summed E-state index contributed by atoms with van der Waals surface area (Å²) in [7, 11) is 1.58. The Morgan fingerprint density at radius 2 is 2.06 bits per heavy atom. The number of amides is 3. The predicted molar refractivity (Wildman–Crippen MR) is 126 cm³/mol. The second-order valence-electron chi connectivity index (χ2n) is 8.93. The van der Waals surface area contributed by atoms with Crippen LogP contribution in [0.3, 0.4) is 0 Å². The number of benzene rings is 1. The van der Waals surface area contributed by atoms with Crippen LogP contribution in [0.25, 0.3) is 10.9 Å². The second-order valence-corrected chi connectivity index (χ2v) is 8.93. The van der Waals surface area contributed by atoms with Gasteiger partial charge in [-0.25, -0.2) is 0 Å². The average Bonchev–Trinajstić information content (AvgIpc) is 3.36. The number of ether oxygens (including phenoxy) is 1. The zero-order valence-corrected chi connectivity index (χ0v) is 18.9. The van der Waals surface area contributed by atoms with Crippen LogP contribution in [0.15, 0.2) is 29.3 Å². The van der Waals surface area contributed by atoms with Crippen molar-refractivity contribution < 1.29 is 19.1 Å². The number of carbonyl (C=O) groups is 3. The standard InChI is InChI=1S/C24H31N5O4/c1-25-13-16(11-15-8-9-26-22(15)30)27-23(31)19(10-14-6-7-14)29-24(32)20-12-17-18(28-20)4-3-5-21(17)33-2/h3-5,12,14-16,19,28H,1,6-11,13H2,2H3,(H,26,30)(H,27,31)(H,29,32)/t15-,16-,19-/m0/s1. The number of hydrogen-bond acceptors (Lipinski definition) is 5. The van der Waals surface area contributed by atoms with E-state index in [-0.39, 0.29) is 29.7 Å². The SMILES string of the molecule is C=NC[C@H](C[C@@H]1CCNC1=O)NC(=O)[C@H](CC1CC1)NC(=O)c1cc2c(OC)cccc2[nH]1. The fraction of sp³-hybridized carbons (Fsp3) is 0.500. The van der Waals surface area contributed by atoms with Gasteiger partial charge in [0.25, 0.3) is 5.91 Å². The van der Waals surface area contributed by atoms with Gasteiger partial charge in [0.15, 0.2) is 0 Å². The van der Waals surface area contributed by atoms with Crippen LogP contribution in [-0.4, -0.2) is 61.7 Å². The first-order valence-corrected chi connectivity index (χ1v) is 11.5. The molecule has 0 bridgehead atoms. The number of hydrogen-bond donors (Lipinski definition) is 4. The first kappa shape index (κ1) is 22.8. The van der Waals surface area contributed by atoms with Crippen molar-refractivity contribution in [2.75, 3.05) is 20.2 Å². The second kappa shape index (κ2) is 10.1. The highest BCUT2D eigenvalue weighted by Gasteiger charge is 2.33. The molecule has 3 amide bonds. The Hall–Kier alpha value is -3.36. The normalized spacial score (nSPS) is 19.5. The van der Waals surface area contributed by atoms with E-state index in [2.05, 4.69) is 32.6 Å². The lowest BCUT2D eigenvalue weighted by molar-refractivity contribution is -0.125. The molecular weight excluding hydrogens is 422 g/mol. The van der Waals surface area contributed by atoms with E-state index in [1.165, 1.54) is 0 Å². The van der Waals surface area contributed by atoms with Crippen LogP contribution in [0, 0.1) is 11.8 Å². The lowest BCUT2D eigenvalue weighted by atomic mass is 9.97. The maximum atomic E-state index is 13.2. The lowest BCUT2D eigenvalue weighted by Crippen LogP contribution is -2.51. The molecule has 9 nitrogen and oxygen atoms in total. The molecule has 1 aliphatic carbocycles. The molecule has 33 heavy (non-hydrogen) atoms. The van der Waals surface area contributed by atoms with Crippen LogP contribution in [0.1, 0.15) is 42.6 Å². The van der Waals surface area contributed by atoms with Gasteiger partial charge in [-0.1, -0.05) is 18.9 Å². The van der Waals surface area contributed by atoms with E-state index in [0.717, 1.165) is 30.2 Å². The molecule has 2 fully saturated rings. The van der Waals surface area contributed by atoms with E-state index in [4.69, 9.17) is 4.74 Å². The van der Waals surface area contributed by atoms with E-state index in [1.807, 2.05) is 18.2 Å². The summed E-state index contributed by atoms with van der Waals surface area (Å²) in [6, 6.07) is 6.32. The number of aromatic nitrogens is 1. The highest BCUT2D eigenvalue weighted by Crippen LogP contribution is 2.34. The van der Waals surface area contributed by atoms with Gasteiger partial charge in [0.2, 0.25) is 11.8 Å². The number of fused-ring (bicyclic) bond motifs is 1. The topological polar surface area (TPSA) is 125 Å². The smallest absolute Gasteiger partial charge is 0.268 e. The van der Waals surface area contributed by atoms with Crippen LogP contribution in [0.4, 0.5) is 0 Å². The van der Waals surface area contributed by atoms with Crippen molar-refractivity contribution >= 4 is 35.3 Å². The van der Waals surface area contributed by atoms with Crippen LogP contribution in [0.2, 0.25) is 0 Å². The van der Waals surface area contributed by atoms with Crippen molar-refractivity contribution in [3.05, 3.63) is 30.0 Å². The number of nitrogens with zero attached hydrogens (tertiary/aromatic N) is 1. The fourth-order valence-electron chi connectivity index (χ4n) is 4.43. The largest absolute Gasteiger partial charge is 0.496 e. The van der Waals surface area contributed by atoms with E-state index in [0.29, 0.717) is 43.3 Å². The molecule has 0 unspecified atom stereocenters.